The van der Waals surface area contributed by atoms with Crippen molar-refractivity contribution in [3.05, 3.63) is 53.7 Å². The van der Waals surface area contributed by atoms with Crippen molar-refractivity contribution in [2.75, 3.05) is 13.2 Å². The maximum Gasteiger partial charge on any atom is 0.334 e. The predicted molar refractivity (Wildman–Crippen MR) is 169 cm³/mol. The number of unbranched alkanes of at least 4 members (excludes halogenated alkanes) is 10. The Kier molecular flexibility index (Phi) is 18.4. The fourth-order valence-electron chi connectivity index (χ4n) is 4.48. The fourth-order valence-corrected chi connectivity index (χ4v) is 5.15. The monoisotopic (exact) mass is 648 g/mol. The zero-order valence-electron chi connectivity index (χ0n) is 25.8. The smallest absolute Gasteiger partial charge is 0.334 e. The minimum atomic E-state index is -4.37. The number of hydrogen-bond donors (Lipinski definition) is 6. The zero-order chi connectivity index (χ0) is 32.8. The molecule has 0 aliphatic rings. The Morgan fingerprint density at radius 3 is 2.16 bits per heavy atom. The lowest BCUT2D eigenvalue weighted by Crippen LogP contribution is -2.97. The number of aliphatic hydroxyl groups excluding tert-OH is 1. The molecule has 8 N–H and O–H groups in total. The lowest BCUT2D eigenvalue weighted by atomic mass is 10.1. The van der Waals surface area contributed by atoms with Crippen molar-refractivity contribution < 1.29 is 43.3 Å². The third kappa shape index (κ3) is 16.9. The Hall–Kier alpha value is -3.56. The highest BCUT2D eigenvalue weighted by Crippen LogP contribution is 2.13. The van der Waals surface area contributed by atoms with E-state index in [1.165, 1.54) is 67.1 Å². The second kappa shape index (κ2) is 22.0. The highest BCUT2D eigenvalue weighted by atomic mass is 32.2. The first-order valence-corrected chi connectivity index (χ1v) is 17.1. The third-order valence-corrected chi connectivity index (χ3v) is 7.94. The third-order valence-electron chi connectivity index (χ3n) is 7.01. The molecule has 3 amide bonds. The van der Waals surface area contributed by atoms with Crippen LogP contribution in [0.3, 0.4) is 0 Å². The lowest BCUT2D eigenvalue weighted by Gasteiger charge is -2.06. The van der Waals surface area contributed by atoms with Gasteiger partial charge in [-0.05, 0) is 37.8 Å². The number of hydrogen-bond acceptors (Lipinski definition) is 8. The van der Waals surface area contributed by atoms with Crippen LogP contribution in [0.4, 0.5) is 5.82 Å². The number of nitrogens with zero attached hydrogens (tertiary/aromatic N) is 2. The first kappa shape index (κ1) is 37.6. The molecule has 0 atom stereocenters. The summed E-state index contributed by atoms with van der Waals surface area (Å²) in [6, 6.07) is 9.11. The molecule has 0 saturated heterocycles. The standard InChI is InChI=1S/C31H46N6O7S/c38-22-14-7-5-3-1-2-4-6-9-17-29(39)36-37-30(40)18-10-8-13-21-32-31(41)26-19-20-28(33-23-26)35-34-24-25-15-11-12-16-27(25)45(42,43)44/h11-12,15-16,19-20,23-24,38H,1-10,13-14,17-18,21-22H2,(H,32,41)(H,33,35)(H,36,39)(H,37,40)(H,42,43,44)/p+2/b34-24+. The Bertz CT molecular complexity index is 1320. The molecule has 14 heteroatoms. The van der Waals surface area contributed by atoms with Crippen LogP contribution in [0.15, 0.2) is 52.6 Å². The number of amides is 3. The quantitative estimate of drug-likeness (QED) is 0.0277. The van der Waals surface area contributed by atoms with Gasteiger partial charge in [-0.3, -0.25) is 14.1 Å². The number of quaternary nitrogens is 2. The number of rotatable bonds is 22. The van der Waals surface area contributed by atoms with Crippen LogP contribution in [0.25, 0.3) is 0 Å². The van der Waals surface area contributed by atoms with E-state index in [1.54, 1.807) is 18.2 Å². The molecule has 0 spiro atoms. The largest absolute Gasteiger partial charge is 0.396 e. The van der Waals surface area contributed by atoms with E-state index >= 15 is 0 Å². The SMILES string of the molecule is O=C(CCCCCNC(=O)c1ccc([NH2+]/N=C/c2ccccc2S(=O)(=O)O)nc1)N[NH2+]C(=O)CCCCCCCCCCCO. The van der Waals surface area contributed by atoms with Crippen molar-refractivity contribution >= 4 is 39.9 Å². The number of nitrogens with one attached hydrogen (secondary N) is 2. The summed E-state index contributed by atoms with van der Waals surface area (Å²) in [6.45, 7) is 0.718. The van der Waals surface area contributed by atoms with Gasteiger partial charge >= 0.3 is 5.91 Å². The molecule has 0 unspecified atom stereocenters. The van der Waals surface area contributed by atoms with Crippen LogP contribution >= 0.6 is 0 Å². The second-order valence-corrected chi connectivity index (χ2v) is 12.2. The number of aliphatic hydroxyl groups is 1. The van der Waals surface area contributed by atoms with Crippen molar-refractivity contribution in [3.8, 4) is 0 Å². The van der Waals surface area contributed by atoms with Crippen LogP contribution in [0.1, 0.15) is 106 Å². The minimum Gasteiger partial charge on any atom is -0.396 e. The molecule has 0 fully saturated rings. The van der Waals surface area contributed by atoms with Gasteiger partial charge < -0.3 is 10.4 Å². The average molecular weight is 649 g/mol. The lowest BCUT2D eigenvalue weighted by molar-refractivity contribution is -0.615. The summed E-state index contributed by atoms with van der Waals surface area (Å²) in [5.41, 5.74) is 5.86. The molecule has 1 aromatic carbocycles. The van der Waals surface area contributed by atoms with Crippen LogP contribution in [0.5, 0.6) is 0 Å². The van der Waals surface area contributed by atoms with Crippen LogP contribution in [-0.2, 0) is 19.7 Å². The van der Waals surface area contributed by atoms with Crippen LogP contribution in [-0.4, -0.2) is 60.1 Å². The van der Waals surface area contributed by atoms with Gasteiger partial charge in [0.05, 0.1) is 18.2 Å². The Morgan fingerprint density at radius 2 is 1.49 bits per heavy atom. The van der Waals surface area contributed by atoms with Crippen LogP contribution in [0, 0.1) is 0 Å². The van der Waals surface area contributed by atoms with Gasteiger partial charge in [0.25, 0.3) is 27.8 Å². The highest BCUT2D eigenvalue weighted by molar-refractivity contribution is 7.86. The van der Waals surface area contributed by atoms with E-state index in [4.69, 9.17) is 5.11 Å². The van der Waals surface area contributed by atoms with E-state index in [-0.39, 0.29) is 34.8 Å². The molecule has 0 aliphatic carbocycles. The summed E-state index contributed by atoms with van der Waals surface area (Å²) in [5, 5.41) is 15.6. The van der Waals surface area contributed by atoms with Gasteiger partial charge in [-0.25, -0.2) is 9.78 Å². The minimum absolute atomic E-state index is 0.0651. The fraction of sp³-hybridized carbons (Fsp3) is 0.516. The summed E-state index contributed by atoms with van der Waals surface area (Å²) in [5.74, 6) is -0.0786. The zero-order valence-corrected chi connectivity index (χ0v) is 26.6. The van der Waals surface area contributed by atoms with Gasteiger partial charge in [0.1, 0.15) is 4.90 Å². The average Bonchev–Trinajstić information content (AvgIpc) is 3.02. The molecule has 45 heavy (non-hydrogen) atoms. The second-order valence-electron chi connectivity index (χ2n) is 10.8. The van der Waals surface area contributed by atoms with Gasteiger partial charge in [0, 0.05) is 37.4 Å². The molecule has 248 valence electrons. The summed E-state index contributed by atoms with van der Waals surface area (Å²) in [4.78, 5) is 40.3. The van der Waals surface area contributed by atoms with E-state index in [2.05, 4.69) is 20.8 Å². The molecule has 0 bridgehead atoms. The number of pyridine rings is 1. The van der Waals surface area contributed by atoms with Crippen molar-refractivity contribution in [1.29, 1.82) is 0 Å². The van der Waals surface area contributed by atoms with E-state index in [1.807, 2.05) is 0 Å². The van der Waals surface area contributed by atoms with Gasteiger partial charge in [0.15, 0.2) is 0 Å². The van der Waals surface area contributed by atoms with Crippen molar-refractivity contribution in [3.63, 3.8) is 0 Å². The number of aromatic nitrogens is 1. The first-order valence-electron chi connectivity index (χ1n) is 15.6. The van der Waals surface area contributed by atoms with Crippen molar-refractivity contribution in [2.45, 2.75) is 94.8 Å². The van der Waals surface area contributed by atoms with Gasteiger partial charge in [-0.15, -0.1) is 0 Å². The van der Waals surface area contributed by atoms with Crippen LogP contribution < -0.4 is 21.6 Å². The highest BCUT2D eigenvalue weighted by Gasteiger charge is 2.14. The number of carbonyl (C=O) groups is 3. The number of nitrogens with two attached hydrogens (primary N) is 2. The molecule has 0 radical (unpaired) electrons. The maximum absolute atomic E-state index is 12.4. The van der Waals surface area contributed by atoms with E-state index in [9.17, 15) is 27.4 Å². The number of benzene rings is 1. The molecule has 1 aromatic heterocycles. The summed E-state index contributed by atoms with van der Waals surface area (Å²) in [6.07, 6.45) is 15.2. The van der Waals surface area contributed by atoms with E-state index in [0.717, 1.165) is 38.5 Å². The summed E-state index contributed by atoms with van der Waals surface area (Å²) < 4.78 is 32.2. The molecular formula is C31H48N6O7S+2. The Labute approximate surface area is 265 Å². The van der Waals surface area contributed by atoms with Gasteiger partial charge in [-0.1, -0.05) is 74.7 Å². The van der Waals surface area contributed by atoms with Gasteiger partial charge in [-0.2, -0.15) is 24.7 Å². The molecule has 0 aliphatic heterocycles. The van der Waals surface area contributed by atoms with E-state index < -0.39 is 10.1 Å². The summed E-state index contributed by atoms with van der Waals surface area (Å²) >= 11 is 0. The maximum atomic E-state index is 12.4. The first-order chi connectivity index (χ1) is 21.7. The molecule has 2 aromatic rings. The van der Waals surface area contributed by atoms with Crippen LogP contribution in [0.2, 0.25) is 0 Å². The molecule has 13 nitrogen and oxygen atoms in total. The summed E-state index contributed by atoms with van der Waals surface area (Å²) in [7, 11) is -4.37. The molecule has 0 saturated carbocycles. The van der Waals surface area contributed by atoms with Crippen molar-refractivity contribution in [1.82, 2.24) is 15.7 Å². The van der Waals surface area contributed by atoms with E-state index in [0.29, 0.717) is 43.6 Å². The molecule has 2 rings (SSSR count). The van der Waals surface area contributed by atoms with Crippen molar-refractivity contribution in [2.24, 2.45) is 5.10 Å². The number of primary amides is 1. The molecule has 1 heterocycles. The molecular weight excluding hydrogens is 600 g/mol. The topological polar surface area (TPSA) is 208 Å². The number of carbonyl (C=O) groups excluding carboxylic acids is 3. The normalized spacial score (nSPS) is 11.5. The van der Waals surface area contributed by atoms with Gasteiger partial charge in [0.2, 0.25) is 0 Å². The predicted octanol–water partition coefficient (Wildman–Crippen LogP) is 1.86. The Morgan fingerprint density at radius 1 is 0.844 bits per heavy atom. The Balaban J connectivity index is 1.51.